The quantitative estimate of drug-likeness (QED) is 0.231. The van der Waals surface area contributed by atoms with Gasteiger partial charge in [-0.2, -0.15) is 0 Å². The lowest BCUT2D eigenvalue weighted by Crippen LogP contribution is -2.27. The second kappa shape index (κ2) is 11.5. The van der Waals surface area contributed by atoms with E-state index in [-0.39, 0.29) is 17.5 Å². The van der Waals surface area contributed by atoms with E-state index in [9.17, 15) is 9.18 Å². The third-order valence-corrected chi connectivity index (χ3v) is 6.53. The summed E-state index contributed by atoms with van der Waals surface area (Å²) in [6, 6.07) is 35.1. The molecule has 37 heavy (non-hydrogen) atoms. The van der Waals surface area contributed by atoms with E-state index in [1.54, 1.807) is 17.0 Å². The first-order valence-corrected chi connectivity index (χ1v) is 12.7. The number of aromatic nitrogens is 3. The van der Waals surface area contributed by atoms with Crippen LogP contribution in [0.5, 0.6) is 0 Å². The fourth-order valence-corrected chi connectivity index (χ4v) is 4.70. The van der Waals surface area contributed by atoms with Crippen LogP contribution >= 0.6 is 11.8 Å². The molecule has 5 aromatic rings. The van der Waals surface area contributed by atoms with Gasteiger partial charge in [-0.15, -0.1) is 10.2 Å². The van der Waals surface area contributed by atoms with Crippen LogP contribution in [0.25, 0.3) is 5.69 Å². The van der Waals surface area contributed by atoms with Gasteiger partial charge in [0.15, 0.2) is 11.0 Å². The number of carbonyl (C=O) groups excluding carboxylic acids is 1. The zero-order valence-electron chi connectivity index (χ0n) is 19.9. The van der Waals surface area contributed by atoms with Crippen LogP contribution in [0, 0.1) is 5.82 Å². The Bertz CT molecular complexity index is 1410. The highest BCUT2D eigenvalue weighted by Gasteiger charge is 2.21. The van der Waals surface area contributed by atoms with Crippen molar-refractivity contribution in [3.63, 3.8) is 0 Å². The van der Waals surface area contributed by atoms with Crippen LogP contribution < -0.4 is 10.2 Å². The summed E-state index contributed by atoms with van der Waals surface area (Å²) in [6.07, 6.45) is 0. The molecule has 1 N–H and O–H groups in total. The van der Waals surface area contributed by atoms with Gasteiger partial charge < -0.3 is 5.32 Å². The molecule has 0 spiro atoms. The molecule has 0 atom stereocenters. The summed E-state index contributed by atoms with van der Waals surface area (Å²) in [5.74, 6) is 0.478. The topological polar surface area (TPSA) is 63.1 Å². The van der Waals surface area contributed by atoms with E-state index in [0.717, 1.165) is 22.7 Å². The molecule has 0 fully saturated rings. The summed E-state index contributed by atoms with van der Waals surface area (Å²) in [4.78, 5) is 15.2. The van der Waals surface area contributed by atoms with E-state index in [2.05, 4.69) is 15.5 Å². The lowest BCUT2D eigenvalue weighted by Gasteiger charge is -2.23. The monoisotopic (exact) mass is 509 g/mol. The van der Waals surface area contributed by atoms with E-state index in [4.69, 9.17) is 0 Å². The van der Waals surface area contributed by atoms with Crippen molar-refractivity contribution in [1.82, 2.24) is 14.8 Å². The molecule has 184 valence electrons. The van der Waals surface area contributed by atoms with Gasteiger partial charge in [-0.05, 0) is 60.7 Å². The number of anilines is 3. The van der Waals surface area contributed by atoms with Gasteiger partial charge in [0.25, 0.3) is 0 Å². The Balaban J connectivity index is 1.39. The van der Waals surface area contributed by atoms with Crippen LogP contribution in [0.15, 0.2) is 120 Å². The molecule has 8 heteroatoms. The first-order valence-electron chi connectivity index (χ1n) is 11.7. The number of amides is 1. The molecule has 1 heterocycles. The predicted octanol–water partition coefficient (Wildman–Crippen LogP) is 6.48. The standard InChI is InChI=1S/C29H24FN5OS/c30-22-16-18-23(19-17-22)31-20-27-32-33-29(35(27)26-14-8-3-9-15-26)37-21-28(36)34(24-10-4-1-5-11-24)25-12-6-2-7-13-25/h1-19,31H,20-21H2. The summed E-state index contributed by atoms with van der Waals surface area (Å²) in [5.41, 5.74) is 3.26. The Kier molecular flexibility index (Phi) is 7.57. The molecule has 4 aromatic carbocycles. The van der Waals surface area contributed by atoms with Gasteiger partial charge in [-0.3, -0.25) is 14.3 Å². The average Bonchev–Trinajstić information content (AvgIpc) is 3.36. The molecule has 6 nitrogen and oxygen atoms in total. The summed E-state index contributed by atoms with van der Waals surface area (Å²) < 4.78 is 15.2. The van der Waals surface area contributed by atoms with Crippen molar-refractivity contribution in [3.8, 4) is 5.69 Å². The number of para-hydroxylation sites is 3. The van der Waals surface area contributed by atoms with E-state index in [1.807, 2.05) is 95.6 Å². The number of thioether (sulfide) groups is 1. The Morgan fingerprint density at radius 3 is 1.95 bits per heavy atom. The van der Waals surface area contributed by atoms with Gasteiger partial charge in [0.05, 0.1) is 12.3 Å². The maximum absolute atomic E-state index is 13.5. The van der Waals surface area contributed by atoms with Crippen molar-refractivity contribution in [1.29, 1.82) is 0 Å². The number of hydrogen-bond acceptors (Lipinski definition) is 5. The second-order valence-electron chi connectivity index (χ2n) is 8.12. The lowest BCUT2D eigenvalue weighted by molar-refractivity contribution is -0.115. The Labute approximate surface area is 218 Å². The number of benzene rings is 4. The van der Waals surface area contributed by atoms with E-state index >= 15 is 0 Å². The molecular weight excluding hydrogens is 485 g/mol. The molecule has 0 aliphatic heterocycles. The van der Waals surface area contributed by atoms with E-state index in [1.165, 1.54) is 23.9 Å². The fraction of sp³-hybridized carbons (Fsp3) is 0.0690. The average molecular weight is 510 g/mol. The minimum Gasteiger partial charge on any atom is -0.378 e. The minimum absolute atomic E-state index is 0.0731. The van der Waals surface area contributed by atoms with Gasteiger partial charge in [0.2, 0.25) is 5.91 Å². The Hall–Kier alpha value is -4.43. The summed E-state index contributed by atoms with van der Waals surface area (Å²) in [5, 5.41) is 12.7. The van der Waals surface area contributed by atoms with Crippen LogP contribution in [0.2, 0.25) is 0 Å². The Morgan fingerprint density at radius 1 is 0.784 bits per heavy atom. The second-order valence-corrected chi connectivity index (χ2v) is 9.06. The Morgan fingerprint density at radius 2 is 1.35 bits per heavy atom. The van der Waals surface area contributed by atoms with Gasteiger partial charge >= 0.3 is 0 Å². The largest absolute Gasteiger partial charge is 0.378 e. The number of nitrogens with one attached hydrogen (secondary N) is 1. The van der Waals surface area contributed by atoms with Crippen LogP contribution in [0.4, 0.5) is 21.5 Å². The number of halogens is 1. The molecule has 1 amide bonds. The third-order valence-electron chi connectivity index (χ3n) is 5.61. The SMILES string of the molecule is O=C(CSc1nnc(CNc2ccc(F)cc2)n1-c1ccccc1)N(c1ccccc1)c1ccccc1. The first kappa shape index (κ1) is 24.3. The van der Waals surface area contributed by atoms with Gasteiger partial charge in [-0.25, -0.2) is 4.39 Å². The van der Waals surface area contributed by atoms with E-state index < -0.39 is 0 Å². The maximum Gasteiger partial charge on any atom is 0.242 e. The van der Waals surface area contributed by atoms with Crippen molar-refractivity contribution >= 4 is 34.7 Å². The number of carbonyl (C=O) groups is 1. The first-order chi connectivity index (χ1) is 18.2. The highest BCUT2D eigenvalue weighted by Crippen LogP contribution is 2.28. The van der Waals surface area contributed by atoms with E-state index in [0.29, 0.717) is 17.5 Å². The number of hydrogen-bond donors (Lipinski definition) is 1. The zero-order chi connectivity index (χ0) is 25.5. The molecule has 0 bridgehead atoms. The summed E-state index contributed by atoms with van der Waals surface area (Å²) >= 11 is 1.33. The van der Waals surface area contributed by atoms with Crippen LogP contribution in [-0.4, -0.2) is 26.4 Å². The van der Waals surface area contributed by atoms with Gasteiger partial charge in [-0.1, -0.05) is 66.4 Å². The molecule has 0 unspecified atom stereocenters. The van der Waals surface area contributed by atoms with Crippen molar-refractivity contribution in [2.24, 2.45) is 0 Å². The smallest absolute Gasteiger partial charge is 0.242 e. The predicted molar refractivity (Wildman–Crippen MR) is 146 cm³/mol. The summed E-state index contributed by atoms with van der Waals surface area (Å²) in [7, 11) is 0. The molecular formula is C29H24FN5OS. The number of nitrogens with zero attached hydrogens (tertiary/aromatic N) is 4. The van der Waals surface area contributed by atoms with Crippen molar-refractivity contribution in [2.45, 2.75) is 11.7 Å². The third kappa shape index (κ3) is 5.87. The van der Waals surface area contributed by atoms with Crippen molar-refractivity contribution in [3.05, 3.63) is 127 Å². The highest BCUT2D eigenvalue weighted by molar-refractivity contribution is 7.99. The van der Waals surface area contributed by atoms with Gasteiger partial charge in [0, 0.05) is 22.7 Å². The van der Waals surface area contributed by atoms with Gasteiger partial charge in [0.1, 0.15) is 5.82 Å². The normalized spacial score (nSPS) is 10.7. The van der Waals surface area contributed by atoms with Crippen molar-refractivity contribution < 1.29 is 9.18 Å². The molecule has 0 radical (unpaired) electrons. The van der Waals surface area contributed by atoms with Crippen molar-refractivity contribution in [2.75, 3.05) is 16.0 Å². The molecule has 5 rings (SSSR count). The number of rotatable bonds is 9. The molecule has 0 aliphatic rings. The van der Waals surface area contributed by atoms with Crippen LogP contribution in [-0.2, 0) is 11.3 Å². The molecule has 0 saturated heterocycles. The van der Waals surface area contributed by atoms with Crippen LogP contribution in [0.3, 0.4) is 0 Å². The minimum atomic E-state index is -0.290. The lowest BCUT2D eigenvalue weighted by atomic mass is 10.2. The summed E-state index contributed by atoms with van der Waals surface area (Å²) in [6.45, 7) is 0.377. The maximum atomic E-state index is 13.5. The molecule has 1 aromatic heterocycles. The fourth-order valence-electron chi connectivity index (χ4n) is 3.88. The van der Waals surface area contributed by atoms with Crippen LogP contribution in [0.1, 0.15) is 5.82 Å². The zero-order valence-corrected chi connectivity index (χ0v) is 20.7. The highest BCUT2D eigenvalue weighted by atomic mass is 32.2. The molecule has 0 aliphatic carbocycles. The molecule has 0 saturated carbocycles.